The molecular weight excluding hydrogens is 270 g/mol. The zero-order chi connectivity index (χ0) is 13.8. The Hall–Kier alpha value is -0.520. The van der Waals surface area contributed by atoms with Crippen molar-refractivity contribution in [2.24, 2.45) is 5.92 Å². The second-order valence-corrected chi connectivity index (χ2v) is 6.99. The van der Waals surface area contributed by atoms with Crippen LogP contribution in [0.25, 0.3) is 0 Å². The zero-order valence-electron chi connectivity index (χ0n) is 12.3. The molecule has 0 saturated carbocycles. The van der Waals surface area contributed by atoms with E-state index in [-0.39, 0.29) is 6.10 Å². The fraction of sp³-hybridized carbons (Fsp3) is 0.800. The fourth-order valence-electron chi connectivity index (χ4n) is 3.13. The topological polar surface area (TPSA) is 39.1 Å². The van der Waals surface area contributed by atoms with Crippen molar-refractivity contribution in [3.8, 4) is 0 Å². The predicted molar refractivity (Wildman–Crippen MR) is 83.1 cm³/mol. The van der Waals surface area contributed by atoms with Crippen LogP contribution in [0.3, 0.4) is 0 Å². The van der Waals surface area contributed by atoms with Crippen LogP contribution in [0, 0.1) is 5.92 Å². The standard InChI is InChI=1S/C15H25N3OS/c1-2-18-11-13(10-17-18)15-12(3-6-19-15)9-16-14-4-7-20-8-5-14/h10-12,14-16H,2-9H2,1H3/t12-,15+/m0/s1. The Balaban J connectivity index is 1.54. The van der Waals surface area contributed by atoms with Crippen molar-refractivity contribution < 1.29 is 4.74 Å². The third-order valence-electron chi connectivity index (χ3n) is 4.41. The van der Waals surface area contributed by atoms with E-state index in [1.807, 2.05) is 10.9 Å². The Bertz CT molecular complexity index is 417. The molecule has 2 saturated heterocycles. The van der Waals surface area contributed by atoms with E-state index in [2.05, 4.69) is 35.3 Å². The maximum atomic E-state index is 5.95. The van der Waals surface area contributed by atoms with Gasteiger partial charge in [0.1, 0.15) is 0 Å². The van der Waals surface area contributed by atoms with Crippen LogP contribution in [0.4, 0.5) is 0 Å². The monoisotopic (exact) mass is 295 g/mol. The van der Waals surface area contributed by atoms with E-state index in [9.17, 15) is 0 Å². The summed E-state index contributed by atoms with van der Waals surface area (Å²) in [6, 6.07) is 0.718. The molecule has 0 aliphatic carbocycles. The van der Waals surface area contributed by atoms with Crippen molar-refractivity contribution >= 4 is 11.8 Å². The van der Waals surface area contributed by atoms with Crippen LogP contribution in [0.5, 0.6) is 0 Å². The first-order valence-electron chi connectivity index (χ1n) is 7.82. The molecule has 2 aliphatic heterocycles. The Kier molecular flexibility index (Phi) is 5.02. The Labute approximate surface area is 125 Å². The minimum atomic E-state index is 0.237. The lowest BCUT2D eigenvalue weighted by Crippen LogP contribution is -2.36. The van der Waals surface area contributed by atoms with Gasteiger partial charge in [-0.05, 0) is 37.7 Å². The van der Waals surface area contributed by atoms with Crippen LogP contribution >= 0.6 is 11.8 Å². The van der Waals surface area contributed by atoms with Crippen LogP contribution in [-0.4, -0.2) is 40.5 Å². The van der Waals surface area contributed by atoms with Gasteiger partial charge in [0.15, 0.2) is 0 Å². The summed E-state index contributed by atoms with van der Waals surface area (Å²) in [5.74, 6) is 3.22. The van der Waals surface area contributed by atoms with Gasteiger partial charge in [0.2, 0.25) is 0 Å². The van der Waals surface area contributed by atoms with Gasteiger partial charge in [-0.15, -0.1) is 0 Å². The van der Waals surface area contributed by atoms with Gasteiger partial charge >= 0.3 is 0 Å². The van der Waals surface area contributed by atoms with E-state index >= 15 is 0 Å². The molecule has 0 aromatic carbocycles. The first kappa shape index (κ1) is 14.4. The Morgan fingerprint density at radius 1 is 1.40 bits per heavy atom. The Morgan fingerprint density at radius 3 is 3.00 bits per heavy atom. The third kappa shape index (κ3) is 3.38. The van der Waals surface area contributed by atoms with Gasteiger partial charge in [0, 0.05) is 43.4 Å². The molecule has 1 N–H and O–H groups in total. The number of ether oxygens (including phenoxy) is 1. The predicted octanol–water partition coefficient (Wildman–Crippen LogP) is 2.47. The van der Waals surface area contributed by atoms with E-state index in [0.717, 1.165) is 32.2 Å². The number of nitrogens with one attached hydrogen (secondary N) is 1. The van der Waals surface area contributed by atoms with E-state index in [1.165, 1.54) is 29.9 Å². The molecule has 0 amide bonds. The summed E-state index contributed by atoms with van der Waals surface area (Å²) in [6.07, 6.45) is 8.15. The van der Waals surface area contributed by atoms with E-state index in [0.29, 0.717) is 5.92 Å². The molecule has 2 aliphatic rings. The highest BCUT2D eigenvalue weighted by Gasteiger charge is 2.31. The summed E-state index contributed by atoms with van der Waals surface area (Å²) in [5, 5.41) is 8.14. The minimum Gasteiger partial charge on any atom is -0.373 e. The van der Waals surface area contributed by atoms with Crippen molar-refractivity contribution in [1.82, 2.24) is 15.1 Å². The lowest BCUT2D eigenvalue weighted by molar-refractivity contribution is 0.0896. The Morgan fingerprint density at radius 2 is 2.25 bits per heavy atom. The van der Waals surface area contributed by atoms with Gasteiger partial charge in [0.25, 0.3) is 0 Å². The molecule has 1 aromatic rings. The summed E-state index contributed by atoms with van der Waals surface area (Å²) in [5.41, 5.74) is 1.25. The van der Waals surface area contributed by atoms with Gasteiger partial charge in [0.05, 0.1) is 12.3 Å². The highest BCUT2D eigenvalue weighted by Crippen LogP contribution is 2.34. The van der Waals surface area contributed by atoms with Crippen LogP contribution in [0.15, 0.2) is 12.4 Å². The highest BCUT2D eigenvalue weighted by atomic mass is 32.2. The number of rotatable bonds is 5. The van der Waals surface area contributed by atoms with Crippen molar-refractivity contribution in [2.45, 2.75) is 44.9 Å². The number of nitrogens with zero attached hydrogens (tertiary/aromatic N) is 2. The first-order valence-corrected chi connectivity index (χ1v) is 8.97. The smallest absolute Gasteiger partial charge is 0.0896 e. The lowest BCUT2D eigenvalue weighted by Gasteiger charge is -2.25. The molecule has 1 aromatic heterocycles. The summed E-state index contributed by atoms with van der Waals surface area (Å²) >= 11 is 2.08. The maximum absolute atomic E-state index is 5.95. The largest absolute Gasteiger partial charge is 0.373 e. The number of aryl methyl sites for hydroxylation is 1. The number of hydrogen-bond acceptors (Lipinski definition) is 4. The van der Waals surface area contributed by atoms with Gasteiger partial charge in [-0.2, -0.15) is 16.9 Å². The number of aromatic nitrogens is 2. The van der Waals surface area contributed by atoms with Gasteiger partial charge in [-0.25, -0.2) is 0 Å². The molecule has 112 valence electrons. The average Bonchev–Trinajstić information content (AvgIpc) is 3.14. The number of thioether (sulfide) groups is 1. The average molecular weight is 295 g/mol. The number of hydrogen-bond donors (Lipinski definition) is 1. The molecule has 3 heterocycles. The summed E-state index contributed by atoms with van der Waals surface area (Å²) < 4.78 is 7.94. The molecular formula is C15H25N3OS. The van der Waals surface area contributed by atoms with Crippen molar-refractivity contribution in [2.75, 3.05) is 24.7 Å². The zero-order valence-corrected chi connectivity index (χ0v) is 13.1. The summed E-state index contributed by atoms with van der Waals surface area (Å²) in [6.45, 7) is 5.01. The van der Waals surface area contributed by atoms with Crippen LogP contribution < -0.4 is 5.32 Å². The van der Waals surface area contributed by atoms with Crippen LogP contribution in [0.1, 0.15) is 37.9 Å². The van der Waals surface area contributed by atoms with Gasteiger partial charge < -0.3 is 10.1 Å². The molecule has 0 bridgehead atoms. The van der Waals surface area contributed by atoms with E-state index in [1.54, 1.807) is 0 Å². The van der Waals surface area contributed by atoms with E-state index < -0.39 is 0 Å². The highest BCUT2D eigenvalue weighted by molar-refractivity contribution is 7.99. The van der Waals surface area contributed by atoms with Crippen molar-refractivity contribution in [3.05, 3.63) is 18.0 Å². The van der Waals surface area contributed by atoms with Crippen LogP contribution in [-0.2, 0) is 11.3 Å². The molecule has 3 rings (SSSR count). The summed E-state index contributed by atoms with van der Waals surface area (Å²) in [4.78, 5) is 0. The lowest BCUT2D eigenvalue weighted by atomic mass is 9.96. The molecule has 2 atom stereocenters. The molecule has 0 unspecified atom stereocenters. The van der Waals surface area contributed by atoms with Crippen molar-refractivity contribution in [1.29, 1.82) is 0 Å². The second-order valence-electron chi connectivity index (χ2n) is 5.76. The van der Waals surface area contributed by atoms with Gasteiger partial charge in [-0.3, -0.25) is 4.68 Å². The van der Waals surface area contributed by atoms with Gasteiger partial charge in [-0.1, -0.05) is 0 Å². The maximum Gasteiger partial charge on any atom is 0.0896 e. The minimum absolute atomic E-state index is 0.237. The SMILES string of the molecule is CCn1cc([C@@H]2OCC[C@H]2CNC2CCSCC2)cn1. The van der Waals surface area contributed by atoms with E-state index in [4.69, 9.17) is 4.74 Å². The second kappa shape index (κ2) is 6.96. The molecule has 0 radical (unpaired) electrons. The summed E-state index contributed by atoms with van der Waals surface area (Å²) in [7, 11) is 0. The molecule has 20 heavy (non-hydrogen) atoms. The van der Waals surface area contributed by atoms with Crippen molar-refractivity contribution in [3.63, 3.8) is 0 Å². The molecule has 0 spiro atoms. The van der Waals surface area contributed by atoms with Crippen LogP contribution in [0.2, 0.25) is 0 Å². The molecule has 5 heteroatoms. The fourth-order valence-corrected chi connectivity index (χ4v) is 4.24. The quantitative estimate of drug-likeness (QED) is 0.906. The molecule has 2 fully saturated rings. The third-order valence-corrected chi connectivity index (χ3v) is 5.46. The molecule has 4 nitrogen and oxygen atoms in total. The normalized spacial score (nSPS) is 28.1. The first-order chi connectivity index (χ1) is 9.86.